The molecule has 1 unspecified atom stereocenters. The van der Waals surface area contributed by atoms with Gasteiger partial charge in [0, 0.05) is 45.8 Å². The number of nitrogens with one attached hydrogen (secondary N) is 1. The average Bonchev–Trinajstić information content (AvgIpc) is 2.34. The Bertz CT molecular complexity index is 332. The quantitative estimate of drug-likeness (QED) is 0.653. The highest BCUT2D eigenvalue weighted by Crippen LogP contribution is 2.23. The van der Waals surface area contributed by atoms with Gasteiger partial charge in [-0.3, -0.25) is 4.79 Å². The van der Waals surface area contributed by atoms with E-state index in [2.05, 4.69) is 10.2 Å². The van der Waals surface area contributed by atoms with E-state index in [0.29, 0.717) is 26.2 Å². The van der Waals surface area contributed by atoms with Crippen LogP contribution in [-0.2, 0) is 9.53 Å². The Morgan fingerprint density at radius 1 is 1.45 bits per heavy atom. The minimum Gasteiger partial charge on any atom is -0.481 e. The molecule has 0 saturated carbocycles. The molecule has 1 atom stereocenters. The third-order valence-corrected chi connectivity index (χ3v) is 3.74. The fourth-order valence-electron chi connectivity index (χ4n) is 2.02. The van der Waals surface area contributed by atoms with Gasteiger partial charge in [-0.1, -0.05) is 6.92 Å². The number of carboxylic acid groups (broad SMARTS) is 1. The van der Waals surface area contributed by atoms with E-state index in [9.17, 15) is 9.59 Å². The van der Waals surface area contributed by atoms with Crippen LogP contribution in [0.25, 0.3) is 0 Å². The first-order valence-electron chi connectivity index (χ1n) is 6.88. The van der Waals surface area contributed by atoms with Gasteiger partial charge < -0.3 is 25.0 Å². The zero-order chi connectivity index (χ0) is 15.1. The molecule has 0 bridgehead atoms. The predicted molar refractivity (Wildman–Crippen MR) is 74.6 cm³/mol. The molecular weight excluding hydrogens is 262 g/mol. The number of urea groups is 1. The summed E-state index contributed by atoms with van der Waals surface area (Å²) in [6.07, 6.45) is 0. The molecule has 0 aliphatic carbocycles. The largest absolute Gasteiger partial charge is 0.481 e. The molecule has 2 amide bonds. The molecule has 0 aromatic heterocycles. The summed E-state index contributed by atoms with van der Waals surface area (Å²) in [5.41, 5.74) is 0. The van der Waals surface area contributed by atoms with Gasteiger partial charge in [0.05, 0.1) is 12.5 Å². The first-order chi connectivity index (χ1) is 9.45. The molecule has 20 heavy (non-hydrogen) atoms. The van der Waals surface area contributed by atoms with Crippen molar-refractivity contribution < 1.29 is 19.4 Å². The lowest BCUT2D eigenvalue weighted by molar-refractivity contribution is -0.144. The van der Waals surface area contributed by atoms with Crippen LogP contribution in [0.15, 0.2) is 0 Å². The van der Waals surface area contributed by atoms with Crippen molar-refractivity contribution in [3.05, 3.63) is 0 Å². The number of amides is 2. The van der Waals surface area contributed by atoms with Gasteiger partial charge in [0.25, 0.3) is 0 Å². The van der Waals surface area contributed by atoms with Crippen LogP contribution in [-0.4, -0.2) is 80.4 Å². The zero-order valence-corrected chi connectivity index (χ0v) is 12.5. The Balaban J connectivity index is 2.12. The van der Waals surface area contributed by atoms with Crippen LogP contribution in [0.1, 0.15) is 6.92 Å². The van der Waals surface area contributed by atoms with E-state index in [-0.39, 0.29) is 17.9 Å². The number of carbonyl (C=O) groups is 2. The summed E-state index contributed by atoms with van der Waals surface area (Å²) in [4.78, 5) is 26.3. The van der Waals surface area contributed by atoms with E-state index < -0.39 is 5.97 Å². The fourth-order valence-corrected chi connectivity index (χ4v) is 2.02. The van der Waals surface area contributed by atoms with Gasteiger partial charge in [-0.15, -0.1) is 0 Å². The highest BCUT2D eigenvalue weighted by molar-refractivity contribution is 5.76. The van der Waals surface area contributed by atoms with Crippen molar-refractivity contribution in [3.8, 4) is 0 Å². The summed E-state index contributed by atoms with van der Waals surface area (Å²) in [5, 5.41) is 11.7. The van der Waals surface area contributed by atoms with Crippen LogP contribution >= 0.6 is 0 Å². The van der Waals surface area contributed by atoms with E-state index in [1.807, 2.05) is 7.05 Å². The number of hydrogen-bond donors (Lipinski definition) is 2. The first-order valence-corrected chi connectivity index (χ1v) is 6.88. The zero-order valence-electron chi connectivity index (χ0n) is 12.5. The molecule has 1 aliphatic heterocycles. The molecule has 1 aliphatic rings. The molecule has 1 saturated heterocycles. The summed E-state index contributed by atoms with van der Waals surface area (Å²) in [7, 11) is 3.63. The molecule has 7 heteroatoms. The Morgan fingerprint density at radius 3 is 2.65 bits per heavy atom. The standard InChI is InChI=1S/C13H25N3O4/c1-10(12(17)18)11-8-16(9-11)13(19)14-4-5-15(2)6-7-20-3/h10-11H,4-9H2,1-3H3,(H,14,19)(H,17,18). The number of ether oxygens (including phenoxy) is 1. The maximum absolute atomic E-state index is 11.8. The number of hydrogen-bond acceptors (Lipinski definition) is 4. The van der Waals surface area contributed by atoms with Crippen LogP contribution in [0, 0.1) is 11.8 Å². The molecule has 0 spiro atoms. The lowest BCUT2D eigenvalue weighted by Crippen LogP contribution is -2.57. The van der Waals surface area contributed by atoms with Crippen LogP contribution < -0.4 is 5.32 Å². The molecule has 0 aromatic rings. The molecule has 0 radical (unpaired) electrons. The summed E-state index contributed by atoms with van der Waals surface area (Å²) < 4.78 is 4.97. The van der Waals surface area contributed by atoms with Gasteiger partial charge >= 0.3 is 12.0 Å². The third-order valence-electron chi connectivity index (χ3n) is 3.74. The van der Waals surface area contributed by atoms with Crippen molar-refractivity contribution in [1.29, 1.82) is 0 Å². The smallest absolute Gasteiger partial charge is 0.317 e. The van der Waals surface area contributed by atoms with Crippen molar-refractivity contribution in [3.63, 3.8) is 0 Å². The average molecular weight is 287 g/mol. The number of nitrogens with zero attached hydrogens (tertiary/aromatic N) is 2. The molecule has 0 aromatic carbocycles. The van der Waals surface area contributed by atoms with Gasteiger partial charge in [0.1, 0.15) is 0 Å². The maximum Gasteiger partial charge on any atom is 0.317 e. The number of rotatable bonds is 8. The van der Waals surface area contributed by atoms with Gasteiger partial charge in [-0.25, -0.2) is 4.79 Å². The first kappa shape index (κ1) is 16.7. The topological polar surface area (TPSA) is 82.1 Å². The van der Waals surface area contributed by atoms with Gasteiger partial charge in [-0.05, 0) is 7.05 Å². The van der Waals surface area contributed by atoms with Crippen molar-refractivity contribution in [2.45, 2.75) is 6.92 Å². The second kappa shape index (κ2) is 8.06. The van der Waals surface area contributed by atoms with E-state index in [4.69, 9.17) is 9.84 Å². The number of methoxy groups -OCH3 is 1. The number of carbonyl (C=O) groups excluding carboxylic acids is 1. The van der Waals surface area contributed by atoms with E-state index >= 15 is 0 Å². The minimum absolute atomic E-state index is 0.0719. The predicted octanol–water partition coefficient (Wildman–Crippen LogP) is -0.0733. The van der Waals surface area contributed by atoms with Crippen LogP contribution in [0.5, 0.6) is 0 Å². The van der Waals surface area contributed by atoms with E-state index in [1.165, 1.54) is 0 Å². The molecule has 1 heterocycles. The van der Waals surface area contributed by atoms with Crippen LogP contribution in [0.3, 0.4) is 0 Å². The SMILES string of the molecule is COCCN(C)CCNC(=O)N1CC(C(C)C(=O)O)C1. The number of aliphatic carboxylic acids is 1. The van der Waals surface area contributed by atoms with Gasteiger partial charge in [0.2, 0.25) is 0 Å². The monoisotopic (exact) mass is 287 g/mol. The van der Waals surface area contributed by atoms with Gasteiger partial charge in [-0.2, -0.15) is 0 Å². The van der Waals surface area contributed by atoms with Crippen molar-refractivity contribution >= 4 is 12.0 Å². The number of likely N-dealkylation sites (N-methyl/N-ethyl adjacent to an activating group) is 1. The fraction of sp³-hybridized carbons (Fsp3) is 0.846. The highest BCUT2D eigenvalue weighted by atomic mass is 16.5. The van der Waals surface area contributed by atoms with Gasteiger partial charge in [0.15, 0.2) is 0 Å². The lowest BCUT2D eigenvalue weighted by atomic mass is 9.87. The number of carboxylic acids is 1. The Labute approximate surface area is 119 Å². The Kier molecular flexibility index (Phi) is 6.74. The normalized spacial score (nSPS) is 16.9. The molecular formula is C13H25N3O4. The van der Waals surface area contributed by atoms with E-state index in [0.717, 1.165) is 13.1 Å². The molecule has 1 rings (SSSR count). The van der Waals surface area contributed by atoms with Crippen LogP contribution in [0.2, 0.25) is 0 Å². The Hall–Kier alpha value is -1.34. The lowest BCUT2D eigenvalue weighted by Gasteiger charge is -2.41. The highest BCUT2D eigenvalue weighted by Gasteiger charge is 2.36. The second-order valence-corrected chi connectivity index (χ2v) is 5.32. The molecule has 116 valence electrons. The summed E-state index contributed by atoms with van der Waals surface area (Å²) in [5.74, 6) is -1.11. The second-order valence-electron chi connectivity index (χ2n) is 5.32. The van der Waals surface area contributed by atoms with E-state index in [1.54, 1.807) is 18.9 Å². The van der Waals surface area contributed by atoms with Crippen molar-refractivity contribution in [2.24, 2.45) is 11.8 Å². The van der Waals surface area contributed by atoms with Crippen molar-refractivity contribution in [1.82, 2.24) is 15.1 Å². The summed E-state index contributed by atoms with van der Waals surface area (Å²) in [6, 6.07) is -0.112. The van der Waals surface area contributed by atoms with Crippen molar-refractivity contribution in [2.75, 3.05) is 53.5 Å². The molecule has 2 N–H and O–H groups in total. The van der Waals surface area contributed by atoms with Crippen LogP contribution in [0.4, 0.5) is 4.79 Å². The maximum atomic E-state index is 11.8. The molecule has 1 fully saturated rings. The third kappa shape index (κ3) is 4.97. The summed E-state index contributed by atoms with van der Waals surface area (Å²) in [6.45, 7) is 5.58. The molecule has 7 nitrogen and oxygen atoms in total. The minimum atomic E-state index is -0.796. The summed E-state index contributed by atoms with van der Waals surface area (Å²) >= 11 is 0. The number of likely N-dealkylation sites (tertiary alicyclic amines) is 1. The Morgan fingerprint density at radius 2 is 2.10 bits per heavy atom.